The highest BCUT2D eigenvalue weighted by molar-refractivity contribution is 8.00. The molecule has 0 saturated carbocycles. The molecular weight excluding hydrogens is 455 g/mol. The van der Waals surface area contributed by atoms with Gasteiger partial charge in [0, 0.05) is 5.69 Å². The maximum Gasteiger partial charge on any atom is 0.318 e. The van der Waals surface area contributed by atoms with Gasteiger partial charge >= 0.3 is 6.03 Å². The van der Waals surface area contributed by atoms with E-state index in [1.165, 1.54) is 18.6 Å². The summed E-state index contributed by atoms with van der Waals surface area (Å²) in [7, 11) is 0. The molecule has 1 aliphatic heterocycles. The van der Waals surface area contributed by atoms with Crippen molar-refractivity contribution in [1.29, 1.82) is 0 Å². The van der Waals surface area contributed by atoms with Crippen LogP contribution in [0.25, 0.3) is 5.69 Å². The fourth-order valence-corrected chi connectivity index (χ4v) is 5.19. The Labute approximate surface area is 201 Å². The predicted octanol–water partition coefficient (Wildman–Crippen LogP) is 3.98. The zero-order chi connectivity index (χ0) is 24.1. The number of nitrogens with zero attached hydrogens (tertiary/aromatic N) is 4. The maximum atomic E-state index is 13.7. The topological polar surface area (TPSA) is 106 Å². The molecule has 0 bridgehead atoms. The van der Waals surface area contributed by atoms with Crippen molar-refractivity contribution in [3.8, 4) is 5.69 Å². The molecule has 3 N–H and O–H groups in total. The molecule has 8 nitrogen and oxygen atoms in total. The Morgan fingerprint density at radius 3 is 2.35 bits per heavy atom. The zero-order valence-corrected chi connectivity index (χ0v) is 19.7. The molecule has 3 aromatic rings. The summed E-state index contributed by atoms with van der Waals surface area (Å²) in [6.45, 7) is 4.01. The third kappa shape index (κ3) is 5.45. The van der Waals surface area contributed by atoms with Crippen molar-refractivity contribution >= 4 is 23.7 Å². The lowest BCUT2D eigenvalue weighted by atomic mass is 10.1. The molecular formula is C24H27FN6O2S. The van der Waals surface area contributed by atoms with E-state index in [-0.39, 0.29) is 11.9 Å². The van der Waals surface area contributed by atoms with Crippen LogP contribution in [0.5, 0.6) is 0 Å². The first-order valence-corrected chi connectivity index (χ1v) is 12.1. The zero-order valence-electron chi connectivity index (χ0n) is 18.9. The molecule has 34 heavy (non-hydrogen) atoms. The number of hydrogen-bond donors (Lipinski definition) is 2. The first-order valence-electron chi connectivity index (χ1n) is 11.2. The van der Waals surface area contributed by atoms with Crippen LogP contribution in [0.1, 0.15) is 48.9 Å². The summed E-state index contributed by atoms with van der Waals surface area (Å²) in [6.07, 6.45) is 3.46. The van der Waals surface area contributed by atoms with E-state index >= 15 is 0 Å². The van der Waals surface area contributed by atoms with Gasteiger partial charge < -0.3 is 5.73 Å². The highest BCUT2D eigenvalue weighted by Gasteiger charge is 2.30. The van der Waals surface area contributed by atoms with Crippen LogP contribution < -0.4 is 11.1 Å². The Morgan fingerprint density at radius 1 is 1.03 bits per heavy atom. The minimum Gasteiger partial charge on any atom is -0.351 e. The third-order valence-electron chi connectivity index (χ3n) is 5.87. The molecule has 2 aromatic carbocycles. The van der Waals surface area contributed by atoms with Crippen molar-refractivity contribution in [3.63, 3.8) is 0 Å². The normalized spacial score (nSPS) is 16.1. The van der Waals surface area contributed by atoms with Crippen LogP contribution in [0.15, 0.2) is 59.8 Å². The van der Waals surface area contributed by atoms with Gasteiger partial charge in [0.25, 0.3) is 0 Å². The van der Waals surface area contributed by atoms with E-state index in [9.17, 15) is 14.0 Å². The number of rotatable bonds is 7. The Balaban J connectivity index is 1.75. The average molecular weight is 483 g/mol. The maximum absolute atomic E-state index is 13.7. The Bertz CT molecular complexity index is 1130. The van der Waals surface area contributed by atoms with Crippen LogP contribution in [0, 0.1) is 5.82 Å². The second kappa shape index (κ2) is 10.8. The largest absolute Gasteiger partial charge is 0.351 e. The lowest BCUT2D eigenvalue weighted by Crippen LogP contribution is -2.37. The van der Waals surface area contributed by atoms with E-state index in [0.29, 0.717) is 22.2 Å². The van der Waals surface area contributed by atoms with E-state index in [4.69, 9.17) is 5.73 Å². The lowest BCUT2D eigenvalue weighted by molar-refractivity contribution is -0.119. The van der Waals surface area contributed by atoms with E-state index in [2.05, 4.69) is 27.3 Å². The fraction of sp³-hybridized carbons (Fsp3) is 0.333. The number of urea groups is 1. The summed E-state index contributed by atoms with van der Waals surface area (Å²) in [5, 5.41) is 10.7. The average Bonchev–Trinajstić information content (AvgIpc) is 3.26. The van der Waals surface area contributed by atoms with Gasteiger partial charge in [0.05, 0.1) is 6.04 Å². The molecule has 2 atom stereocenters. The number of aromatic nitrogens is 3. The molecule has 3 amide bonds. The number of nitrogens with two attached hydrogens (primary N) is 1. The van der Waals surface area contributed by atoms with Gasteiger partial charge in [-0.25, -0.2) is 9.18 Å². The fourth-order valence-electron chi connectivity index (χ4n) is 4.12. The van der Waals surface area contributed by atoms with Crippen molar-refractivity contribution in [1.82, 2.24) is 25.0 Å². The monoisotopic (exact) mass is 482 g/mol. The number of primary amides is 1. The summed E-state index contributed by atoms with van der Waals surface area (Å²) in [6, 6.07) is 14.2. The van der Waals surface area contributed by atoms with Gasteiger partial charge in [-0.2, -0.15) is 0 Å². The van der Waals surface area contributed by atoms with E-state index in [1.54, 1.807) is 24.3 Å². The molecule has 2 heterocycles. The molecule has 0 radical (unpaired) electrons. The standard InChI is InChI=1S/C24H27FN6O2S/c1-16(30-14-6-3-7-15-30)21-28-29-24(31(21)19-12-10-18(25)11-13-19)34-20(22(32)27-23(26)33)17-8-4-2-5-9-17/h2,4-5,8-13,16,20H,3,6-7,14-15H2,1H3,(H3,26,27,32,33)/t16-,20+/m1/s1. The highest BCUT2D eigenvalue weighted by Crippen LogP contribution is 2.37. The number of carbonyl (C=O) groups excluding carboxylic acids is 2. The second-order valence-corrected chi connectivity index (χ2v) is 9.26. The Kier molecular flexibility index (Phi) is 7.59. The van der Waals surface area contributed by atoms with Crippen molar-refractivity contribution in [2.24, 2.45) is 5.73 Å². The quantitative estimate of drug-likeness (QED) is 0.494. The molecule has 1 saturated heterocycles. The molecule has 1 fully saturated rings. The first-order chi connectivity index (χ1) is 16.4. The predicted molar refractivity (Wildman–Crippen MR) is 128 cm³/mol. The smallest absolute Gasteiger partial charge is 0.318 e. The summed E-state index contributed by atoms with van der Waals surface area (Å²) in [5.74, 6) is -0.194. The first kappa shape index (κ1) is 23.9. The van der Waals surface area contributed by atoms with Gasteiger partial charge in [-0.3, -0.25) is 19.6 Å². The number of nitrogens with one attached hydrogen (secondary N) is 1. The number of piperidine rings is 1. The number of likely N-dealkylation sites (tertiary alicyclic amines) is 1. The van der Waals surface area contributed by atoms with Crippen molar-refractivity contribution in [2.45, 2.75) is 42.6 Å². The third-order valence-corrected chi connectivity index (χ3v) is 7.06. The molecule has 4 rings (SSSR count). The number of carbonyl (C=O) groups is 2. The minimum atomic E-state index is -0.925. The van der Waals surface area contributed by atoms with Gasteiger partial charge in [0.2, 0.25) is 5.91 Å². The Morgan fingerprint density at radius 2 is 1.71 bits per heavy atom. The summed E-state index contributed by atoms with van der Waals surface area (Å²) in [5.41, 5.74) is 6.59. The summed E-state index contributed by atoms with van der Waals surface area (Å²) >= 11 is 1.16. The molecule has 1 aliphatic rings. The van der Waals surface area contributed by atoms with Gasteiger partial charge in [0.1, 0.15) is 11.1 Å². The molecule has 178 valence electrons. The van der Waals surface area contributed by atoms with Gasteiger partial charge in [-0.05, 0) is 62.7 Å². The van der Waals surface area contributed by atoms with Crippen LogP contribution in [0.2, 0.25) is 0 Å². The van der Waals surface area contributed by atoms with Crippen LogP contribution in [-0.2, 0) is 4.79 Å². The second-order valence-electron chi connectivity index (χ2n) is 8.19. The Hall–Kier alpha value is -3.24. The molecule has 0 aliphatic carbocycles. The van der Waals surface area contributed by atoms with Gasteiger partial charge in [-0.1, -0.05) is 48.5 Å². The van der Waals surface area contributed by atoms with Crippen LogP contribution >= 0.6 is 11.8 Å². The van der Waals surface area contributed by atoms with Gasteiger partial charge in [-0.15, -0.1) is 10.2 Å². The highest BCUT2D eigenvalue weighted by atomic mass is 32.2. The SMILES string of the molecule is C[C@H](c1nnc(S[C@H](C(=O)NC(N)=O)c2ccccc2)n1-c1ccc(F)cc1)N1CCCCC1. The number of hydrogen-bond acceptors (Lipinski definition) is 6. The minimum absolute atomic E-state index is 0.0261. The van der Waals surface area contributed by atoms with Gasteiger partial charge in [0.15, 0.2) is 11.0 Å². The number of thioether (sulfide) groups is 1. The number of imide groups is 1. The molecule has 0 unspecified atom stereocenters. The van der Waals surface area contributed by atoms with E-state index in [0.717, 1.165) is 37.7 Å². The van der Waals surface area contributed by atoms with E-state index < -0.39 is 17.2 Å². The van der Waals surface area contributed by atoms with Crippen LogP contribution in [-0.4, -0.2) is 44.7 Å². The van der Waals surface area contributed by atoms with Crippen molar-refractivity contribution < 1.29 is 14.0 Å². The molecule has 10 heteroatoms. The number of halogens is 1. The molecule has 1 aromatic heterocycles. The summed E-state index contributed by atoms with van der Waals surface area (Å²) in [4.78, 5) is 26.6. The van der Waals surface area contributed by atoms with Crippen LogP contribution in [0.4, 0.5) is 9.18 Å². The van der Waals surface area contributed by atoms with E-state index in [1.807, 2.05) is 22.8 Å². The summed E-state index contributed by atoms with van der Waals surface area (Å²) < 4.78 is 15.5. The lowest BCUT2D eigenvalue weighted by Gasteiger charge is -2.32. The number of benzene rings is 2. The van der Waals surface area contributed by atoms with Crippen LogP contribution in [0.3, 0.4) is 0 Å². The number of amides is 3. The molecule has 0 spiro atoms. The van der Waals surface area contributed by atoms with Crippen molar-refractivity contribution in [2.75, 3.05) is 13.1 Å². The van der Waals surface area contributed by atoms with Crippen molar-refractivity contribution in [3.05, 3.63) is 71.8 Å².